The predicted molar refractivity (Wildman–Crippen MR) is 158 cm³/mol. The summed E-state index contributed by atoms with van der Waals surface area (Å²) in [6.07, 6.45) is 12.6. The van der Waals surface area contributed by atoms with Crippen molar-refractivity contribution in [3.05, 3.63) is 0 Å². The van der Waals surface area contributed by atoms with Crippen molar-refractivity contribution in [3.63, 3.8) is 0 Å². The molecule has 0 aromatic rings. The number of rotatable bonds is 6. The van der Waals surface area contributed by atoms with Crippen LogP contribution in [0, 0.1) is 69.5 Å². The summed E-state index contributed by atoms with van der Waals surface area (Å²) in [6, 6.07) is 0. The Balaban J connectivity index is 0.877. The van der Waals surface area contributed by atoms with Gasteiger partial charge in [-0.15, -0.1) is 0 Å². The molecule has 0 aromatic carbocycles. The van der Waals surface area contributed by atoms with E-state index in [1.807, 2.05) is 0 Å². The van der Waals surface area contributed by atoms with Gasteiger partial charge in [0.2, 0.25) is 0 Å². The molecule has 8 nitrogen and oxygen atoms in total. The van der Waals surface area contributed by atoms with E-state index < -0.39 is 28.8 Å². The zero-order valence-electron chi connectivity index (χ0n) is 26.6. The first kappa shape index (κ1) is 28.2. The maximum absolute atomic E-state index is 13.8. The maximum Gasteiger partial charge on any atom is 0.312 e. The Kier molecular flexibility index (Phi) is 5.78. The van der Waals surface area contributed by atoms with E-state index in [1.54, 1.807) is 0 Å². The number of carbonyl (C=O) groups is 4. The van der Waals surface area contributed by atoms with E-state index in [0.717, 1.165) is 70.1 Å². The molecule has 1 saturated heterocycles. The highest BCUT2D eigenvalue weighted by Crippen LogP contribution is 2.67. The molecule has 12 saturated carbocycles. The lowest BCUT2D eigenvalue weighted by Crippen LogP contribution is -2.61. The fraction of sp³-hybridized carbons (Fsp3) is 0.892. The van der Waals surface area contributed by atoms with Crippen molar-refractivity contribution in [3.8, 4) is 0 Å². The van der Waals surface area contributed by atoms with Crippen molar-refractivity contribution in [1.29, 1.82) is 0 Å². The number of carbonyl (C=O) groups excluding carboxylic acids is 4. The minimum Gasteiger partial charge on any atom is -0.462 e. The summed E-state index contributed by atoms with van der Waals surface area (Å²) >= 11 is 0. The van der Waals surface area contributed by atoms with Crippen molar-refractivity contribution in [1.82, 2.24) is 0 Å². The Morgan fingerprint density at radius 1 is 0.600 bits per heavy atom. The Morgan fingerprint density at radius 3 is 1.40 bits per heavy atom. The molecule has 1 spiro atoms. The lowest BCUT2D eigenvalue weighted by Gasteiger charge is -2.62. The normalized spacial score (nSPS) is 56.1. The van der Waals surface area contributed by atoms with Crippen LogP contribution in [0.1, 0.15) is 103 Å². The van der Waals surface area contributed by atoms with Crippen molar-refractivity contribution in [2.24, 2.45) is 69.5 Å². The summed E-state index contributed by atoms with van der Waals surface area (Å²) in [5, 5.41) is 0. The van der Waals surface area contributed by atoms with Crippen LogP contribution in [0.25, 0.3) is 0 Å². The van der Waals surface area contributed by atoms with Crippen molar-refractivity contribution in [2.45, 2.75) is 121 Å². The van der Waals surface area contributed by atoms with Crippen molar-refractivity contribution in [2.75, 3.05) is 13.2 Å². The van der Waals surface area contributed by atoms with Gasteiger partial charge in [-0.2, -0.15) is 0 Å². The Hall–Kier alpha value is -1.80. The van der Waals surface area contributed by atoms with Crippen LogP contribution in [0.3, 0.4) is 0 Å². The fourth-order valence-corrected chi connectivity index (χ4v) is 14.3. The zero-order chi connectivity index (χ0) is 30.5. The topological polar surface area (TPSA) is 105 Å². The maximum atomic E-state index is 13.8. The van der Waals surface area contributed by atoms with Gasteiger partial charge in [0.05, 0.1) is 10.8 Å². The molecule has 1 aliphatic heterocycles. The first-order chi connectivity index (χ1) is 21.5. The van der Waals surface area contributed by atoms with Crippen LogP contribution in [-0.4, -0.2) is 54.7 Å². The van der Waals surface area contributed by atoms with E-state index in [1.165, 1.54) is 6.42 Å². The molecule has 8 unspecified atom stereocenters. The number of hydrogen-bond donors (Lipinski definition) is 0. The van der Waals surface area contributed by atoms with Gasteiger partial charge >= 0.3 is 11.9 Å². The molecule has 13 fully saturated rings. The number of esters is 2. The zero-order valence-corrected chi connectivity index (χ0v) is 26.6. The lowest BCUT2D eigenvalue weighted by atomic mass is 9.48. The second-order valence-corrected chi connectivity index (χ2v) is 18.4. The molecule has 45 heavy (non-hydrogen) atoms. The summed E-state index contributed by atoms with van der Waals surface area (Å²) < 4.78 is 26.3. The van der Waals surface area contributed by atoms with Crippen LogP contribution in [-0.2, 0) is 38.1 Å². The summed E-state index contributed by atoms with van der Waals surface area (Å²) in [6.45, 7) is 2.60. The van der Waals surface area contributed by atoms with Gasteiger partial charge < -0.3 is 18.9 Å². The molecule has 8 atom stereocenters. The van der Waals surface area contributed by atoms with Gasteiger partial charge in [-0.05, 0) is 119 Å². The quantitative estimate of drug-likeness (QED) is 0.374. The molecular formula is C37H48O8. The van der Waals surface area contributed by atoms with Gasteiger partial charge in [0.1, 0.15) is 37.0 Å². The second kappa shape index (κ2) is 9.21. The third kappa shape index (κ3) is 3.96. The van der Waals surface area contributed by atoms with E-state index in [2.05, 4.69) is 6.92 Å². The number of ether oxygens (including phenoxy) is 4. The van der Waals surface area contributed by atoms with Crippen LogP contribution in [0.15, 0.2) is 0 Å². The van der Waals surface area contributed by atoms with Gasteiger partial charge in [-0.1, -0.05) is 6.92 Å². The predicted octanol–water partition coefficient (Wildman–Crippen LogP) is 5.19. The molecule has 0 radical (unpaired) electrons. The summed E-state index contributed by atoms with van der Waals surface area (Å²) in [7, 11) is 0. The Bertz CT molecular complexity index is 1240. The Morgan fingerprint density at radius 2 is 1.00 bits per heavy atom. The first-order valence-corrected chi connectivity index (χ1v) is 18.3. The molecule has 0 aromatic heterocycles. The van der Waals surface area contributed by atoms with Gasteiger partial charge in [0.15, 0.2) is 5.79 Å². The number of hydrogen-bond acceptors (Lipinski definition) is 8. The molecule has 244 valence electrons. The molecule has 0 amide bonds. The minimum atomic E-state index is -0.704. The third-order valence-corrected chi connectivity index (χ3v) is 15.3. The van der Waals surface area contributed by atoms with E-state index in [0.29, 0.717) is 66.3 Å². The standard InChI is InChI=1S/C37H48O8/c1-34-8-21-6-26(15-34)37(27(7-21)16-34)44-28(17-42-32(40)35-9-19-2-22(11-35)30(38)23(3-19)12-35)29(45-37)18-43-33(41)36-10-20-4-24(13-36)31(39)25(5-20)14-36/h19-29H,2-18H2,1H3. The van der Waals surface area contributed by atoms with E-state index in [4.69, 9.17) is 18.9 Å². The minimum absolute atomic E-state index is 0.0135. The van der Waals surface area contributed by atoms with Gasteiger partial charge in [-0.3, -0.25) is 19.2 Å². The molecular weight excluding hydrogens is 572 g/mol. The van der Waals surface area contributed by atoms with E-state index in [9.17, 15) is 19.2 Å². The number of ketones is 2. The molecule has 12 aliphatic carbocycles. The van der Waals surface area contributed by atoms with Crippen LogP contribution in [0.4, 0.5) is 0 Å². The van der Waals surface area contributed by atoms with Crippen molar-refractivity contribution >= 4 is 23.5 Å². The molecule has 8 heteroatoms. The summed E-state index contributed by atoms with van der Waals surface area (Å²) in [5.41, 5.74) is -0.750. The number of Topliss-reactive ketones (excluding diaryl/α,β-unsaturated/α-hetero) is 2. The monoisotopic (exact) mass is 620 g/mol. The molecule has 1 heterocycles. The largest absolute Gasteiger partial charge is 0.462 e. The molecule has 12 bridgehead atoms. The Labute approximate surface area is 265 Å². The van der Waals surface area contributed by atoms with Crippen LogP contribution in [0.2, 0.25) is 0 Å². The SMILES string of the molecule is CC12CC3CC(C1)C1(OC(COC(=O)C45CC6CC(C4)C(=O)C(C6)C5)C(COC(=O)C45CC6CC(C4)C(=O)C(C6)C5)O1)C(C3)C2. The summed E-state index contributed by atoms with van der Waals surface area (Å²) in [4.78, 5) is 53.2. The summed E-state index contributed by atoms with van der Waals surface area (Å²) in [5.74, 6) is 1.95. The average molecular weight is 621 g/mol. The lowest BCUT2D eigenvalue weighted by molar-refractivity contribution is -0.312. The first-order valence-electron chi connectivity index (χ1n) is 18.3. The van der Waals surface area contributed by atoms with E-state index in [-0.39, 0.29) is 48.8 Å². The highest BCUT2D eigenvalue weighted by atomic mass is 16.8. The van der Waals surface area contributed by atoms with Gasteiger partial charge in [0.25, 0.3) is 0 Å². The fourth-order valence-electron chi connectivity index (χ4n) is 14.3. The highest BCUT2D eigenvalue weighted by molar-refractivity contribution is 5.90. The van der Waals surface area contributed by atoms with Crippen molar-refractivity contribution < 1.29 is 38.1 Å². The third-order valence-electron chi connectivity index (χ3n) is 15.3. The van der Waals surface area contributed by atoms with Gasteiger partial charge in [0, 0.05) is 35.5 Å². The smallest absolute Gasteiger partial charge is 0.312 e. The molecule has 13 rings (SSSR count). The average Bonchev–Trinajstić information content (AvgIpc) is 3.36. The van der Waals surface area contributed by atoms with Crippen LogP contribution in [0.5, 0.6) is 0 Å². The van der Waals surface area contributed by atoms with Crippen LogP contribution < -0.4 is 0 Å². The molecule has 0 N–H and O–H groups in total. The highest BCUT2D eigenvalue weighted by Gasteiger charge is 2.67. The van der Waals surface area contributed by atoms with E-state index >= 15 is 0 Å². The van der Waals surface area contributed by atoms with Crippen LogP contribution >= 0.6 is 0 Å². The van der Waals surface area contributed by atoms with Gasteiger partial charge in [-0.25, -0.2) is 0 Å². The molecule has 13 aliphatic rings. The second-order valence-electron chi connectivity index (χ2n) is 18.4.